The molecule has 0 saturated heterocycles. The minimum absolute atomic E-state index is 0.166. The first-order chi connectivity index (χ1) is 9.51. The highest BCUT2D eigenvalue weighted by molar-refractivity contribution is 9.10. The van der Waals surface area contributed by atoms with E-state index in [1.165, 1.54) is 0 Å². The monoisotopic (exact) mass is 338 g/mol. The predicted molar refractivity (Wildman–Crippen MR) is 77.6 cm³/mol. The molecular weight excluding hydrogens is 324 g/mol. The highest BCUT2D eigenvalue weighted by Crippen LogP contribution is 2.24. The van der Waals surface area contributed by atoms with Crippen LogP contribution < -0.4 is 4.74 Å². The summed E-state index contributed by atoms with van der Waals surface area (Å²) in [4.78, 5) is 17.8. The van der Waals surface area contributed by atoms with Gasteiger partial charge in [0, 0.05) is 23.6 Å². The van der Waals surface area contributed by atoms with E-state index >= 15 is 0 Å². The number of aryl methyl sites for hydroxylation is 1. The molecule has 2 aromatic rings. The molecule has 0 radical (unpaired) electrons. The van der Waals surface area contributed by atoms with Crippen LogP contribution in [0.4, 0.5) is 0 Å². The topological polar surface area (TPSA) is 71.1 Å². The van der Waals surface area contributed by atoms with Crippen molar-refractivity contribution >= 4 is 21.8 Å². The van der Waals surface area contributed by atoms with E-state index in [-0.39, 0.29) is 11.7 Å². The van der Waals surface area contributed by atoms with E-state index in [0.29, 0.717) is 12.4 Å². The molecule has 0 aliphatic heterocycles. The summed E-state index contributed by atoms with van der Waals surface area (Å²) in [5.74, 6) is 1.27. The summed E-state index contributed by atoms with van der Waals surface area (Å²) in [6.45, 7) is 2.16. The summed E-state index contributed by atoms with van der Waals surface area (Å²) < 4.78 is 6.23. The van der Waals surface area contributed by atoms with E-state index in [1.54, 1.807) is 26.0 Å². The van der Waals surface area contributed by atoms with Crippen LogP contribution in [0, 0.1) is 6.92 Å². The second-order valence-electron chi connectivity index (χ2n) is 4.36. The van der Waals surface area contributed by atoms with Gasteiger partial charge in [-0.1, -0.05) is 15.9 Å². The molecule has 1 heterocycles. The van der Waals surface area contributed by atoms with Gasteiger partial charge in [-0.3, -0.25) is 9.89 Å². The second-order valence-corrected chi connectivity index (χ2v) is 5.28. The van der Waals surface area contributed by atoms with Gasteiger partial charge in [0.05, 0.1) is 7.11 Å². The van der Waals surface area contributed by atoms with E-state index in [1.807, 2.05) is 18.2 Å². The Morgan fingerprint density at radius 3 is 2.85 bits per heavy atom. The van der Waals surface area contributed by atoms with Gasteiger partial charge in [-0.05, 0) is 25.1 Å². The summed E-state index contributed by atoms with van der Waals surface area (Å²) >= 11 is 3.41. The largest absolute Gasteiger partial charge is 0.496 e. The van der Waals surface area contributed by atoms with Crippen LogP contribution in [0.3, 0.4) is 0 Å². The fraction of sp³-hybridized carbons (Fsp3) is 0.308. The number of nitrogens with one attached hydrogen (secondary N) is 1. The predicted octanol–water partition coefficient (Wildman–Crippen LogP) is 2.16. The summed E-state index contributed by atoms with van der Waals surface area (Å²) in [5.41, 5.74) is 0.907. The van der Waals surface area contributed by atoms with Crippen LogP contribution in [-0.2, 0) is 6.54 Å². The van der Waals surface area contributed by atoms with Gasteiger partial charge in [0.1, 0.15) is 11.6 Å². The zero-order valence-corrected chi connectivity index (χ0v) is 13.1. The van der Waals surface area contributed by atoms with Crippen LogP contribution in [0.15, 0.2) is 22.7 Å². The highest BCUT2D eigenvalue weighted by Gasteiger charge is 2.18. The van der Waals surface area contributed by atoms with E-state index in [9.17, 15) is 4.79 Å². The third-order valence-electron chi connectivity index (χ3n) is 2.79. The van der Waals surface area contributed by atoms with Gasteiger partial charge in [-0.25, -0.2) is 4.98 Å². The number of hydrogen-bond acceptors (Lipinski definition) is 4. The molecule has 0 aliphatic carbocycles. The molecule has 0 aliphatic rings. The Bertz CT molecular complexity index is 627. The smallest absolute Gasteiger partial charge is 0.293 e. The number of benzene rings is 1. The Hall–Kier alpha value is -1.89. The second kappa shape index (κ2) is 6.04. The fourth-order valence-electron chi connectivity index (χ4n) is 1.81. The zero-order valence-electron chi connectivity index (χ0n) is 11.5. The molecule has 6 nitrogen and oxygen atoms in total. The molecule has 0 bridgehead atoms. The molecule has 7 heteroatoms. The number of ether oxygens (including phenoxy) is 1. The lowest BCUT2D eigenvalue weighted by Gasteiger charge is -2.17. The first-order valence-corrected chi connectivity index (χ1v) is 6.77. The standard InChI is InChI=1S/C13H15BrN4O2/c1-8-15-12(17-16-8)13(19)18(2)7-9-6-10(14)4-5-11(9)20-3/h4-6H,7H2,1-3H3,(H,15,16,17). The number of amides is 1. The maximum absolute atomic E-state index is 12.2. The molecule has 1 amide bonds. The van der Waals surface area contributed by atoms with Gasteiger partial charge >= 0.3 is 0 Å². The Labute approximate surface area is 125 Å². The van der Waals surface area contributed by atoms with Crippen molar-refractivity contribution in [3.8, 4) is 5.75 Å². The number of halogens is 1. The molecule has 20 heavy (non-hydrogen) atoms. The molecule has 0 atom stereocenters. The molecule has 1 N–H and O–H groups in total. The number of carbonyl (C=O) groups is 1. The maximum Gasteiger partial charge on any atom is 0.293 e. The van der Waals surface area contributed by atoms with Gasteiger partial charge < -0.3 is 9.64 Å². The summed E-state index contributed by atoms with van der Waals surface area (Å²) in [7, 11) is 3.31. The van der Waals surface area contributed by atoms with Crippen molar-refractivity contribution in [2.75, 3.05) is 14.2 Å². The van der Waals surface area contributed by atoms with Crippen LogP contribution in [0.1, 0.15) is 22.0 Å². The lowest BCUT2D eigenvalue weighted by molar-refractivity contribution is 0.0772. The number of aromatic nitrogens is 3. The highest BCUT2D eigenvalue weighted by atomic mass is 79.9. The van der Waals surface area contributed by atoms with Crippen molar-refractivity contribution in [1.29, 1.82) is 0 Å². The maximum atomic E-state index is 12.2. The Morgan fingerprint density at radius 1 is 1.50 bits per heavy atom. The third-order valence-corrected chi connectivity index (χ3v) is 3.28. The van der Waals surface area contributed by atoms with Gasteiger partial charge in [0.15, 0.2) is 0 Å². The lowest BCUT2D eigenvalue weighted by Crippen LogP contribution is -2.27. The molecule has 1 aromatic heterocycles. The molecule has 0 spiro atoms. The summed E-state index contributed by atoms with van der Waals surface area (Å²) in [5, 5.41) is 6.53. The van der Waals surface area contributed by atoms with Gasteiger partial charge in [0.25, 0.3) is 5.91 Å². The van der Waals surface area contributed by atoms with Crippen molar-refractivity contribution in [2.24, 2.45) is 0 Å². The fourth-order valence-corrected chi connectivity index (χ4v) is 2.22. The van der Waals surface area contributed by atoms with Crippen molar-refractivity contribution in [3.05, 3.63) is 39.9 Å². The summed E-state index contributed by atoms with van der Waals surface area (Å²) in [6, 6.07) is 5.67. The first kappa shape index (κ1) is 14.5. The number of H-pyrrole nitrogens is 1. The normalized spacial score (nSPS) is 10.4. The van der Waals surface area contributed by atoms with Crippen molar-refractivity contribution in [3.63, 3.8) is 0 Å². The minimum atomic E-state index is -0.239. The SMILES string of the molecule is COc1ccc(Br)cc1CN(C)C(=O)c1n[nH]c(C)n1. The number of rotatable bonds is 4. The quantitative estimate of drug-likeness (QED) is 0.927. The number of methoxy groups -OCH3 is 1. The van der Waals surface area contributed by atoms with E-state index in [2.05, 4.69) is 31.1 Å². The van der Waals surface area contributed by atoms with Crippen LogP contribution in [0.2, 0.25) is 0 Å². The number of aromatic amines is 1. The zero-order chi connectivity index (χ0) is 14.7. The van der Waals surface area contributed by atoms with Crippen LogP contribution >= 0.6 is 15.9 Å². The Kier molecular flexibility index (Phi) is 4.39. The molecule has 0 unspecified atom stereocenters. The molecule has 106 valence electrons. The minimum Gasteiger partial charge on any atom is -0.496 e. The van der Waals surface area contributed by atoms with Gasteiger partial charge in [0.2, 0.25) is 5.82 Å². The van der Waals surface area contributed by atoms with E-state index < -0.39 is 0 Å². The number of carbonyl (C=O) groups excluding carboxylic acids is 1. The van der Waals surface area contributed by atoms with Crippen LogP contribution in [-0.4, -0.2) is 40.1 Å². The van der Waals surface area contributed by atoms with Gasteiger partial charge in [-0.15, -0.1) is 5.10 Å². The molecule has 0 saturated carbocycles. The first-order valence-electron chi connectivity index (χ1n) is 5.98. The molecule has 1 aromatic carbocycles. The van der Waals surface area contributed by atoms with Crippen LogP contribution in [0.25, 0.3) is 0 Å². The third kappa shape index (κ3) is 3.16. The number of nitrogens with zero attached hydrogens (tertiary/aromatic N) is 3. The Balaban J connectivity index is 2.17. The van der Waals surface area contributed by atoms with Crippen molar-refractivity contribution in [2.45, 2.75) is 13.5 Å². The van der Waals surface area contributed by atoms with Crippen molar-refractivity contribution < 1.29 is 9.53 Å². The number of hydrogen-bond donors (Lipinski definition) is 1. The summed E-state index contributed by atoms with van der Waals surface area (Å²) in [6.07, 6.45) is 0. The van der Waals surface area contributed by atoms with E-state index in [0.717, 1.165) is 15.8 Å². The van der Waals surface area contributed by atoms with Gasteiger partial charge in [-0.2, -0.15) is 0 Å². The van der Waals surface area contributed by atoms with Crippen molar-refractivity contribution in [1.82, 2.24) is 20.1 Å². The molecular formula is C13H15BrN4O2. The average Bonchev–Trinajstić information content (AvgIpc) is 2.84. The molecule has 2 rings (SSSR count). The Morgan fingerprint density at radius 2 is 2.25 bits per heavy atom. The lowest BCUT2D eigenvalue weighted by atomic mass is 10.2. The molecule has 0 fully saturated rings. The average molecular weight is 339 g/mol. The van der Waals surface area contributed by atoms with E-state index in [4.69, 9.17) is 4.74 Å². The van der Waals surface area contributed by atoms with Crippen LogP contribution in [0.5, 0.6) is 5.75 Å².